The van der Waals surface area contributed by atoms with Gasteiger partial charge in [0.1, 0.15) is 11.3 Å². The second kappa shape index (κ2) is 10.2. The molecule has 2 aliphatic rings. The summed E-state index contributed by atoms with van der Waals surface area (Å²) in [5.41, 5.74) is 1.07. The summed E-state index contributed by atoms with van der Waals surface area (Å²) in [6, 6.07) is 12.4. The molecule has 1 aliphatic heterocycles. The van der Waals surface area contributed by atoms with Gasteiger partial charge in [-0.2, -0.15) is 0 Å². The van der Waals surface area contributed by atoms with E-state index in [4.69, 9.17) is 4.42 Å². The van der Waals surface area contributed by atoms with Crippen LogP contribution in [0.25, 0.3) is 0 Å². The first kappa shape index (κ1) is 26.4. The standard InChI is InChI=1S/C31H35NO5S/c1-18-9-8-12-22(17-18)26-24(27(33)23-14-13-20(3)37-23)25(28-19(2)15-16-38-28)31(4,30(35)36)32(26)29(34)21-10-6-5-7-11-21/h8-9,12-17,21,24-26H,5-7,10-11H2,1-4H3,(H,35,36). The molecule has 2 fully saturated rings. The van der Waals surface area contributed by atoms with Crippen molar-refractivity contribution in [2.75, 3.05) is 0 Å². The average Bonchev–Trinajstić information content (AvgIpc) is 3.59. The number of hydrogen-bond acceptors (Lipinski definition) is 5. The fourth-order valence-corrected chi connectivity index (χ4v) is 7.83. The van der Waals surface area contributed by atoms with E-state index in [-0.39, 0.29) is 23.4 Å². The number of carboxylic acids is 1. The third-order valence-electron chi connectivity index (χ3n) is 8.56. The van der Waals surface area contributed by atoms with Crippen molar-refractivity contribution in [3.05, 3.63) is 80.9 Å². The molecule has 2 aromatic heterocycles. The number of likely N-dealkylation sites (tertiary alicyclic amines) is 1. The van der Waals surface area contributed by atoms with Crippen molar-refractivity contribution in [1.29, 1.82) is 0 Å². The molecule has 0 spiro atoms. The Bertz CT molecular complexity index is 1370. The van der Waals surface area contributed by atoms with Crippen LogP contribution >= 0.6 is 11.3 Å². The normalized spacial score (nSPS) is 26.0. The maximum absolute atomic E-state index is 14.4. The molecule has 6 nitrogen and oxygen atoms in total. The van der Waals surface area contributed by atoms with Gasteiger partial charge in [0, 0.05) is 16.7 Å². The van der Waals surface area contributed by atoms with E-state index in [1.807, 2.05) is 49.6 Å². The van der Waals surface area contributed by atoms with Gasteiger partial charge >= 0.3 is 5.97 Å². The highest BCUT2D eigenvalue weighted by Gasteiger charge is 2.66. The molecular formula is C31H35NO5S. The van der Waals surface area contributed by atoms with Gasteiger partial charge in [-0.05, 0) is 75.2 Å². The summed E-state index contributed by atoms with van der Waals surface area (Å²) in [7, 11) is 0. The third-order valence-corrected chi connectivity index (χ3v) is 9.66. The highest BCUT2D eigenvalue weighted by molar-refractivity contribution is 7.10. The Morgan fingerprint density at radius 2 is 1.76 bits per heavy atom. The zero-order valence-corrected chi connectivity index (χ0v) is 23.2. The lowest BCUT2D eigenvalue weighted by Gasteiger charge is -2.40. The van der Waals surface area contributed by atoms with Crippen molar-refractivity contribution in [1.82, 2.24) is 4.90 Å². The molecule has 5 rings (SSSR count). The van der Waals surface area contributed by atoms with Gasteiger partial charge in [-0.25, -0.2) is 4.79 Å². The predicted molar refractivity (Wildman–Crippen MR) is 146 cm³/mol. The molecule has 0 bridgehead atoms. The number of carbonyl (C=O) groups excluding carboxylic acids is 2. The van der Waals surface area contributed by atoms with Crippen LogP contribution in [0.4, 0.5) is 0 Å². The smallest absolute Gasteiger partial charge is 0.330 e. The molecule has 3 heterocycles. The molecule has 3 aromatic rings. The molecule has 1 aromatic carbocycles. The Morgan fingerprint density at radius 3 is 2.34 bits per heavy atom. The van der Waals surface area contributed by atoms with E-state index in [0.29, 0.717) is 5.76 Å². The molecule has 7 heteroatoms. The Kier molecular flexibility index (Phi) is 7.07. The quantitative estimate of drug-likeness (QED) is 0.350. The Labute approximate surface area is 227 Å². The van der Waals surface area contributed by atoms with Gasteiger partial charge in [0.2, 0.25) is 11.7 Å². The lowest BCUT2D eigenvalue weighted by Crippen LogP contribution is -2.55. The SMILES string of the molecule is Cc1cccc(C2C(C(=O)c3ccc(C)o3)C(c3sccc3C)C(C)(C(=O)O)N2C(=O)C2CCCCC2)c1. The zero-order valence-electron chi connectivity index (χ0n) is 22.4. The molecule has 4 unspecified atom stereocenters. The number of carbonyl (C=O) groups is 3. The number of aryl methyl sites for hydroxylation is 3. The number of nitrogens with zero attached hydrogens (tertiary/aromatic N) is 1. The first-order valence-corrected chi connectivity index (χ1v) is 14.3. The fourth-order valence-electron chi connectivity index (χ4n) is 6.64. The Hall–Kier alpha value is -3.19. The van der Waals surface area contributed by atoms with Crippen molar-refractivity contribution in [2.24, 2.45) is 11.8 Å². The molecule has 1 aliphatic carbocycles. The molecule has 1 amide bonds. The molecule has 1 saturated heterocycles. The minimum absolute atomic E-state index is 0.161. The summed E-state index contributed by atoms with van der Waals surface area (Å²) in [6.07, 6.45) is 4.46. The number of rotatable bonds is 6. The van der Waals surface area contributed by atoms with E-state index in [0.717, 1.165) is 53.7 Å². The number of hydrogen-bond donors (Lipinski definition) is 1. The van der Waals surface area contributed by atoms with E-state index < -0.39 is 29.4 Å². The Balaban J connectivity index is 1.79. The van der Waals surface area contributed by atoms with Crippen molar-refractivity contribution < 1.29 is 23.9 Å². The lowest BCUT2D eigenvalue weighted by molar-refractivity contribution is -0.160. The van der Waals surface area contributed by atoms with E-state index in [1.165, 1.54) is 11.3 Å². The van der Waals surface area contributed by atoms with Crippen molar-refractivity contribution in [2.45, 2.75) is 77.3 Å². The molecular weight excluding hydrogens is 498 g/mol. The first-order chi connectivity index (χ1) is 18.1. The summed E-state index contributed by atoms with van der Waals surface area (Å²) >= 11 is 1.45. The molecule has 200 valence electrons. The van der Waals surface area contributed by atoms with Crippen LogP contribution in [0.2, 0.25) is 0 Å². The lowest BCUT2D eigenvalue weighted by atomic mass is 9.74. The van der Waals surface area contributed by atoms with Gasteiger partial charge in [-0.1, -0.05) is 49.1 Å². The maximum Gasteiger partial charge on any atom is 0.330 e. The number of Topliss-reactive ketones (excluding diaryl/α,β-unsaturated/α-hetero) is 1. The van der Waals surface area contributed by atoms with Crippen LogP contribution in [0.15, 0.2) is 52.3 Å². The highest BCUT2D eigenvalue weighted by atomic mass is 32.1. The van der Waals surface area contributed by atoms with Crippen LogP contribution in [0.1, 0.15) is 88.9 Å². The van der Waals surface area contributed by atoms with Crippen LogP contribution in [0, 0.1) is 32.6 Å². The molecule has 1 N–H and O–H groups in total. The summed E-state index contributed by atoms with van der Waals surface area (Å²) in [4.78, 5) is 44.6. The van der Waals surface area contributed by atoms with Crippen molar-refractivity contribution in [3.8, 4) is 0 Å². The maximum atomic E-state index is 14.4. The molecule has 1 saturated carbocycles. The Morgan fingerprint density at radius 1 is 1.03 bits per heavy atom. The van der Waals surface area contributed by atoms with Crippen LogP contribution in [0.5, 0.6) is 0 Å². The summed E-state index contributed by atoms with van der Waals surface area (Å²) in [5, 5.41) is 12.8. The fraction of sp³-hybridized carbons (Fsp3) is 0.452. The number of aliphatic carboxylic acids is 1. The highest BCUT2D eigenvalue weighted by Crippen LogP contribution is 2.58. The van der Waals surface area contributed by atoms with Crippen LogP contribution in [-0.4, -0.2) is 33.2 Å². The average molecular weight is 534 g/mol. The second-order valence-electron chi connectivity index (χ2n) is 11.1. The van der Waals surface area contributed by atoms with E-state index in [1.54, 1.807) is 30.9 Å². The van der Waals surface area contributed by atoms with E-state index >= 15 is 0 Å². The summed E-state index contributed by atoms with van der Waals surface area (Å²) in [5.74, 6) is -2.53. The van der Waals surface area contributed by atoms with Crippen molar-refractivity contribution in [3.63, 3.8) is 0 Å². The zero-order chi connectivity index (χ0) is 27.2. The summed E-state index contributed by atoms with van der Waals surface area (Å²) < 4.78 is 5.81. The number of benzene rings is 1. The van der Waals surface area contributed by atoms with E-state index in [9.17, 15) is 19.5 Å². The molecule has 0 radical (unpaired) electrons. The number of furan rings is 1. The first-order valence-electron chi connectivity index (χ1n) is 13.4. The van der Waals surface area contributed by atoms with Gasteiger partial charge < -0.3 is 14.4 Å². The van der Waals surface area contributed by atoms with Gasteiger partial charge in [-0.15, -0.1) is 11.3 Å². The largest absolute Gasteiger partial charge is 0.479 e. The summed E-state index contributed by atoms with van der Waals surface area (Å²) in [6.45, 7) is 7.34. The van der Waals surface area contributed by atoms with Crippen molar-refractivity contribution >= 4 is 29.0 Å². The minimum Gasteiger partial charge on any atom is -0.479 e. The number of ketones is 1. The van der Waals surface area contributed by atoms with Crippen LogP contribution in [0.3, 0.4) is 0 Å². The predicted octanol–water partition coefficient (Wildman–Crippen LogP) is 6.86. The molecule has 38 heavy (non-hydrogen) atoms. The topological polar surface area (TPSA) is 87.8 Å². The second-order valence-corrected chi connectivity index (χ2v) is 12.0. The van der Waals surface area contributed by atoms with Gasteiger partial charge in [0.25, 0.3) is 0 Å². The third kappa shape index (κ3) is 4.31. The van der Waals surface area contributed by atoms with Gasteiger partial charge in [0.15, 0.2) is 5.76 Å². The number of thiophene rings is 1. The monoisotopic (exact) mass is 533 g/mol. The minimum atomic E-state index is -1.62. The van der Waals surface area contributed by atoms with Gasteiger partial charge in [-0.3, -0.25) is 9.59 Å². The van der Waals surface area contributed by atoms with Gasteiger partial charge in [0.05, 0.1) is 12.0 Å². The van der Waals surface area contributed by atoms with E-state index in [2.05, 4.69) is 0 Å². The van der Waals surface area contributed by atoms with Crippen LogP contribution in [-0.2, 0) is 9.59 Å². The number of carboxylic acid groups (broad SMARTS) is 1. The molecule has 4 atom stereocenters. The number of amides is 1. The van der Waals surface area contributed by atoms with Crippen LogP contribution < -0.4 is 0 Å².